The van der Waals surface area contributed by atoms with Crippen LogP contribution in [0.3, 0.4) is 0 Å². The van der Waals surface area contributed by atoms with Crippen molar-refractivity contribution in [2.75, 3.05) is 30.9 Å². The van der Waals surface area contributed by atoms with Gasteiger partial charge in [0.25, 0.3) is 5.91 Å². The third-order valence-corrected chi connectivity index (χ3v) is 4.56. The number of nitrogens with one attached hydrogen (secondary N) is 2. The zero-order valence-electron chi connectivity index (χ0n) is 14.3. The molecule has 0 spiro atoms. The molecule has 1 amide bonds. The van der Waals surface area contributed by atoms with E-state index in [4.69, 9.17) is 0 Å². The molecule has 7 heteroatoms. The van der Waals surface area contributed by atoms with Gasteiger partial charge in [0.2, 0.25) is 0 Å². The number of aryl methyl sites for hydroxylation is 1. The molecule has 0 unspecified atom stereocenters. The predicted molar refractivity (Wildman–Crippen MR) is 89.8 cm³/mol. The van der Waals surface area contributed by atoms with E-state index in [1.807, 2.05) is 30.3 Å². The lowest BCUT2D eigenvalue weighted by molar-refractivity contribution is -0.123. The number of alkyl halides is 3. The van der Waals surface area contributed by atoms with Crippen molar-refractivity contribution >= 4 is 17.3 Å². The number of carbonyl (C=O) groups excluding carboxylic acids is 1. The Kier molecular flexibility index (Phi) is 5.62. The van der Waals surface area contributed by atoms with Gasteiger partial charge in [-0.1, -0.05) is 12.8 Å². The van der Waals surface area contributed by atoms with Crippen molar-refractivity contribution in [3.05, 3.63) is 23.3 Å². The van der Waals surface area contributed by atoms with Gasteiger partial charge in [-0.3, -0.25) is 4.79 Å². The Hall–Kier alpha value is -1.92. The molecule has 1 aliphatic carbocycles. The Bertz CT molecular complexity index is 595. The van der Waals surface area contributed by atoms with Gasteiger partial charge in [0.1, 0.15) is 6.54 Å². The number of anilines is 2. The maximum Gasteiger partial charge on any atom is 0.405 e. The summed E-state index contributed by atoms with van der Waals surface area (Å²) >= 11 is 0. The van der Waals surface area contributed by atoms with E-state index >= 15 is 0 Å². The molecule has 0 saturated heterocycles. The Morgan fingerprint density at radius 2 is 1.92 bits per heavy atom. The van der Waals surface area contributed by atoms with Crippen molar-refractivity contribution in [2.45, 2.75) is 44.8 Å². The zero-order valence-corrected chi connectivity index (χ0v) is 14.3. The van der Waals surface area contributed by atoms with Crippen LogP contribution in [0.5, 0.6) is 0 Å². The normalized spacial score (nSPS) is 15.4. The van der Waals surface area contributed by atoms with Gasteiger partial charge < -0.3 is 15.5 Å². The molecule has 0 radical (unpaired) electrons. The molecule has 1 saturated carbocycles. The topological polar surface area (TPSA) is 44.4 Å². The van der Waals surface area contributed by atoms with E-state index in [9.17, 15) is 18.0 Å². The monoisotopic (exact) mass is 343 g/mol. The van der Waals surface area contributed by atoms with Gasteiger partial charge in [-0.25, -0.2) is 0 Å². The number of halogens is 3. The molecule has 2 rings (SSSR count). The molecule has 1 aliphatic rings. The minimum absolute atomic E-state index is 0.267. The molecule has 4 nitrogen and oxygen atoms in total. The highest BCUT2D eigenvalue weighted by atomic mass is 19.4. The van der Waals surface area contributed by atoms with Crippen molar-refractivity contribution in [1.82, 2.24) is 5.32 Å². The molecule has 2 N–H and O–H groups in total. The highest BCUT2D eigenvalue weighted by molar-refractivity contribution is 6.01. The summed E-state index contributed by atoms with van der Waals surface area (Å²) in [5, 5.41) is 4.95. The second-order valence-electron chi connectivity index (χ2n) is 6.28. The van der Waals surface area contributed by atoms with Crippen LogP contribution in [0.1, 0.15) is 41.6 Å². The van der Waals surface area contributed by atoms with Gasteiger partial charge in [-0.05, 0) is 37.5 Å². The van der Waals surface area contributed by atoms with Crippen molar-refractivity contribution in [3.63, 3.8) is 0 Å². The van der Waals surface area contributed by atoms with E-state index in [2.05, 4.69) is 5.32 Å². The first-order chi connectivity index (χ1) is 11.2. The Labute approximate surface area is 140 Å². The molecular formula is C17H24F3N3O. The lowest BCUT2D eigenvalue weighted by Gasteiger charge is -2.29. The van der Waals surface area contributed by atoms with E-state index in [1.54, 1.807) is 13.1 Å². The summed E-state index contributed by atoms with van der Waals surface area (Å²) < 4.78 is 37.2. The molecule has 0 heterocycles. The van der Waals surface area contributed by atoms with E-state index < -0.39 is 18.6 Å². The minimum Gasteiger partial charge on any atom is -0.388 e. The summed E-state index contributed by atoms with van der Waals surface area (Å²) in [6.45, 7) is 0.580. The van der Waals surface area contributed by atoms with Crippen LogP contribution < -0.4 is 15.5 Å². The predicted octanol–water partition coefficient (Wildman–Crippen LogP) is 3.71. The van der Waals surface area contributed by atoms with E-state index in [0.29, 0.717) is 11.7 Å². The van der Waals surface area contributed by atoms with Crippen LogP contribution in [0.15, 0.2) is 12.1 Å². The van der Waals surface area contributed by atoms with Crippen LogP contribution in [0.25, 0.3) is 0 Å². The van der Waals surface area contributed by atoms with E-state index in [-0.39, 0.29) is 5.56 Å². The molecule has 1 aromatic rings. The number of nitrogens with zero attached hydrogens (tertiary/aromatic N) is 1. The fraction of sp³-hybridized carbons (Fsp3) is 0.588. The standard InChI is InChI=1S/C17H24F3N3O/c1-11-8-15(23(3)12-6-4-5-7-12)13(9-14(11)21-2)16(24)22-10-17(18,19)20/h8-9,12,21H,4-7,10H2,1-3H3,(H,22,24). The molecular weight excluding hydrogens is 319 g/mol. The Balaban J connectivity index is 2.33. The summed E-state index contributed by atoms with van der Waals surface area (Å²) in [6.07, 6.45) is -0.0834. The Morgan fingerprint density at radius 3 is 2.46 bits per heavy atom. The molecule has 1 fully saturated rings. The summed E-state index contributed by atoms with van der Waals surface area (Å²) in [5.74, 6) is -0.705. The van der Waals surface area contributed by atoms with Gasteiger partial charge in [0.15, 0.2) is 0 Å². The highest BCUT2D eigenvalue weighted by Gasteiger charge is 2.29. The van der Waals surface area contributed by atoms with Crippen LogP contribution in [0, 0.1) is 6.92 Å². The van der Waals surface area contributed by atoms with E-state index in [0.717, 1.165) is 36.9 Å². The average Bonchev–Trinajstić information content (AvgIpc) is 3.05. The van der Waals surface area contributed by atoms with Gasteiger partial charge in [0, 0.05) is 31.5 Å². The van der Waals surface area contributed by atoms with Gasteiger partial charge in [-0.2, -0.15) is 13.2 Å². The van der Waals surface area contributed by atoms with Crippen LogP contribution in [0.2, 0.25) is 0 Å². The molecule has 0 aliphatic heterocycles. The second-order valence-corrected chi connectivity index (χ2v) is 6.28. The van der Waals surface area contributed by atoms with Gasteiger partial charge in [-0.15, -0.1) is 0 Å². The van der Waals surface area contributed by atoms with Gasteiger partial charge in [0.05, 0.1) is 5.56 Å². The largest absolute Gasteiger partial charge is 0.405 e. The lowest BCUT2D eigenvalue weighted by atomic mass is 10.0. The van der Waals surface area contributed by atoms with Crippen molar-refractivity contribution in [3.8, 4) is 0 Å². The number of hydrogen-bond donors (Lipinski definition) is 2. The summed E-state index contributed by atoms with van der Waals surface area (Å²) in [7, 11) is 3.63. The maximum atomic E-state index is 12.4. The third-order valence-electron chi connectivity index (χ3n) is 4.56. The summed E-state index contributed by atoms with van der Waals surface area (Å²) in [4.78, 5) is 14.4. The summed E-state index contributed by atoms with van der Waals surface area (Å²) in [6, 6.07) is 3.81. The number of rotatable bonds is 5. The SMILES string of the molecule is CNc1cc(C(=O)NCC(F)(F)F)c(N(C)C2CCCC2)cc1C. The molecule has 24 heavy (non-hydrogen) atoms. The van der Waals surface area contributed by atoms with Crippen molar-refractivity contribution in [2.24, 2.45) is 0 Å². The fourth-order valence-corrected chi connectivity index (χ4v) is 3.20. The molecule has 134 valence electrons. The number of carbonyl (C=O) groups is 1. The maximum absolute atomic E-state index is 12.4. The second kappa shape index (κ2) is 7.32. The van der Waals surface area contributed by atoms with Crippen LogP contribution in [-0.2, 0) is 0 Å². The number of hydrogen-bond acceptors (Lipinski definition) is 3. The average molecular weight is 343 g/mol. The van der Waals surface area contributed by atoms with E-state index in [1.165, 1.54) is 0 Å². The minimum atomic E-state index is -4.43. The first-order valence-electron chi connectivity index (χ1n) is 8.13. The zero-order chi connectivity index (χ0) is 17.9. The molecule has 1 aromatic carbocycles. The van der Waals surface area contributed by atoms with Crippen LogP contribution in [0.4, 0.5) is 24.5 Å². The molecule has 0 atom stereocenters. The van der Waals surface area contributed by atoms with Crippen LogP contribution >= 0.6 is 0 Å². The van der Waals surface area contributed by atoms with Crippen LogP contribution in [-0.4, -0.2) is 38.8 Å². The quantitative estimate of drug-likeness (QED) is 0.857. The first-order valence-corrected chi connectivity index (χ1v) is 8.13. The van der Waals surface area contributed by atoms with Crippen molar-refractivity contribution in [1.29, 1.82) is 0 Å². The van der Waals surface area contributed by atoms with Crippen molar-refractivity contribution < 1.29 is 18.0 Å². The molecule has 0 aromatic heterocycles. The smallest absolute Gasteiger partial charge is 0.388 e. The fourth-order valence-electron chi connectivity index (χ4n) is 3.20. The number of benzene rings is 1. The number of amides is 1. The summed E-state index contributed by atoms with van der Waals surface area (Å²) in [5.41, 5.74) is 2.63. The third kappa shape index (κ3) is 4.33. The lowest BCUT2D eigenvalue weighted by Crippen LogP contribution is -2.36. The van der Waals surface area contributed by atoms with Gasteiger partial charge >= 0.3 is 6.18 Å². The first kappa shape index (κ1) is 18.4. The molecule has 0 bridgehead atoms. The Morgan fingerprint density at radius 1 is 1.29 bits per heavy atom. The highest BCUT2D eigenvalue weighted by Crippen LogP contribution is 2.32.